The van der Waals surface area contributed by atoms with Gasteiger partial charge in [-0.25, -0.2) is 4.79 Å². The zero-order valence-electron chi connectivity index (χ0n) is 14.7. The number of carboxylic acids is 1. The fourth-order valence-corrected chi connectivity index (χ4v) is 4.37. The number of hydrogen-bond donors (Lipinski definition) is 2. The van der Waals surface area contributed by atoms with Crippen LogP contribution in [-0.2, 0) is 11.3 Å². The lowest BCUT2D eigenvalue weighted by Crippen LogP contribution is -2.51. The van der Waals surface area contributed by atoms with Crippen molar-refractivity contribution in [1.82, 2.24) is 9.88 Å². The topological polar surface area (TPSA) is 63.5 Å². The monoisotopic (exact) mass is 342 g/mol. The first-order valence-corrected chi connectivity index (χ1v) is 9.28. The van der Waals surface area contributed by atoms with Gasteiger partial charge in [0.25, 0.3) is 0 Å². The Kier molecular flexibility index (Phi) is 4.52. The lowest BCUT2D eigenvalue weighted by molar-refractivity contribution is -0.0128. The molecule has 0 atom stereocenters. The summed E-state index contributed by atoms with van der Waals surface area (Å²) < 4.78 is 7.46. The van der Waals surface area contributed by atoms with E-state index in [1.54, 1.807) is 0 Å². The van der Waals surface area contributed by atoms with Crippen LogP contribution in [0.2, 0.25) is 0 Å². The van der Waals surface area contributed by atoms with Crippen molar-refractivity contribution >= 4 is 16.9 Å². The molecule has 134 valence electrons. The first-order valence-electron chi connectivity index (χ1n) is 9.28. The van der Waals surface area contributed by atoms with Gasteiger partial charge in [-0.1, -0.05) is 18.2 Å². The highest BCUT2D eigenvalue weighted by Gasteiger charge is 2.27. The summed E-state index contributed by atoms with van der Waals surface area (Å²) in [6.45, 7) is 4.56. The molecule has 2 aromatic rings. The highest BCUT2D eigenvalue weighted by atomic mass is 16.5. The third-order valence-electron chi connectivity index (χ3n) is 5.84. The van der Waals surface area contributed by atoms with Crippen LogP contribution in [0, 0.1) is 12.8 Å². The SMILES string of the molecule is Cc1c(C(=O)O)c2ccccc2n1CC1CCC(NC2COC2)CC1. The fourth-order valence-electron chi connectivity index (χ4n) is 4.37. The molecule has 25 heavy (non-hydrogen) atoms. The molecule has 0 spiro atoms. The molecule has 1 aromatic heterocycles. The van der Waals surface area contributed by atoms with Gasteiger partial charge in [0, 0.05) is 29.2 Å². The Morgan fingerprint density at radius 2 is 1.92 bits per heavy atom. The Labute approximate surface area is 148 Å². The van der Waals surface area contributed by atoms with E-state index in [0.29, 0.717) is 23.6 Å². The number of carboxylic acid groups (broad SMARTS) is 1. The third-order valence-corrected chi connectivity index (χ3v) is 5.84. The van der Waals surface area contributed by atoms with E-state index in [4.69, 9.17) is 4.74 Å². The van der Waals surface area contributed by atoms with Crippen LogP contribution in [0.25, 0.3) is 10.9 Å². The molecule has 1 aliphatic carbocycles. The van der Waals surface area contributed by atoms with Crippen LogP contribution < -0.4 is 5.32 Å². The van der Waals surface area contributed by atoms with Crippen molar-refractivity contribution in [2.45, 2.75) is 51.2 Å². The lowest BCUT2D eigenvalue weighted by atomic mass is 9.85. The minimum absolute atomic E-state index is 0.455. The molecule has 0 amide bonds. The zero-order valence-corrected chi connectivity index (χ0v) is 14.7. The summed E-state index contributed by atoms with van der Waals surface area (Å²) in [4.78, 5) is 11.7. The predicted molar refractivity (Wildman–Crippen MR) is 97.1 cm³/mol. The summed E-state index contributed by atoms with van der Waals surface area (Å²) >= 11 is 0. The molecule has 4 rings (SSSR count). The maximum absolute atomic E-state index is 11.7. The van der Waals surface area contributed by atoms with E-state index < -0.39 is 5.97 Å². The molecule has 5 heteroatoms. The highest BCUT2D eigenvalue weighted by molar-refractivity contribution is 6.05. The Bertz CT molecular complexity index is 771. The molecule has 0 unspecified atom stereocenters. The van der Waals surface area contributed by atoms with Crippen LogP contribution in [0.3, 0.4) is 0 Å². The average molecular weight is 342 g/mol. The van der Waals surface area contributed by atoms with Gasteiger partial charge < -0.3 is 19.7 Å². The van der Waals surface area contributed by atoms with E-state index in [0.717, 1.165) is 36.4 Å². The minimum atomic E-state index is -0.830. The van der Waals surface area contributed by atoms with Crippen molar-refractivity contribution in [3.63, 3.8) is 0 Å². The smallest absolute Gasteiger partial charge is 0.338 e. The molecule has 2 aliphatic rings. The second-order valence-electron chi connectivity index (χ2n) is 7.51. The number of aromatic nitrogens is 1. The normalized spacial score (nSPS) is 24.4. The maximum Gasteiger partial charge on any atom is 0.338 e. The highest BCUT2D eigenvalue weighted by Crippen LogP contribution is 2.31. The number of benzene rings is 1. The Hall–Kier alpha value is -1.85. The van der Waals surface area contributed by atoms with Crippen LogP contribution in [0.5, 0.6) is 0 Å². The van der Waals surface area contributed by atoms with Gasteiger partial charge in [-0.3, -0.25) is 0 Å². The van der Waals surface area contributed by atoms with Crippen molar-refractivity contribution in [1.29, 1.82) is 0 Å². The van der Waals surface area contributed by atoms with Gasteiger partial charge in [0.1, 0.15) is 0 Å². The molecule has 2 fully saturated rings. The molecule has 0 bridgehead atoms. The van der Waals surface area contributed by atoms with E-state index in [1.807, 2.05) is 31.2 Å². The van der Waals surface area contributed by atoms with Gasteiger partial charge in [0.2, 0.25) is 0 Å². The molecule has 5 nitrogen and oxygen atoms in total. The van der Waals surface area contributed by atoms with E-state index in [2.05, 4.69) is 9.88 Å². The van der Waals surface area contributed by atoms with Crippen molar-refractivity contribution in [3.05, 3.63) is 35.5 Å². The Morgan fingerprint density at radius 1 is 1.20 bits per heavy atom. The van der Waals surface area contributed by atoms with Crippen molar-refractivity contribution in [2.75, 3.05) is 13.2 Å². The molecular formula is C20H26N2O3. The standard InChI is InChI=1S/C20H26N2O3/c1-13-19(20(23)24)17-4-2-3-5-18(17)22(13)10-14-6-8-15(9-7-14)21-16-11-25-12-16/h2-5,14-16,21H,6-12H2,1H3,(H,23,24). The van der Waals surface area contributed by atoms with Gasteiger partial charge in [-0.05, 0) is 44.6 Å². The number of carbonyl (C=O) groups is 1. The molecule has 1 aromatic carbocycles. The van der Waals surface area contributed by atoms with E-state index in [1.165, 1.54) is 25.7 Å². The average Bonchev–Trinajstić information content (AvgIpc) is 2.85. The molecule has 2 heterocycles. The van der Waals surface area contributed by atoms with Gasteiger partial charge in [-0.2, -0.15) is 0 Å². The summed E-state index contributed by atoms with van der Waals surface area (Å²) in [5.41, 5.74) is 2.38. The van der Waals surface area contributed by atoms with Crippen LogP contribution in [0.1, 0.15) is 41.7 Å². The van der Waals surface area contributed by atoms with Crippen LogP contribution >= 0.6 is 0 Å². The summed E-state index contributed by atoms with van der Waals surface area (Å²) in [7, 11) is 0. The van der Waals surface area contributed by atoms with Gasteiger partial charge in [-0.15, -0.1) is 0 Å². The maximum atomic E-state index is 11.7. The van der Waals surface area contributed by atoms with Gasteiger partial charge in [0.15, 0.2) is 0 Å². The molecule has 1 saturated carbocycles. The number of ether oxygens (including phenoxy) is 1. The first kappa shape index (κ1) is 16.6. The number of para-hydroxylation sites is 1. The van der Waals surface area contributed by atoms with E-state index in [9.17, 15) is 9.90 Å². The largest absolute Gasteiger partial charge is 0.478 e. The quantitative estimate of drug-likeness (QED) is 0.876. The Balaban J connectivity index is 1.48. The van der Waals surface area contributed by atoms with E-state index >= 15 is 0 Å². The molecule has 1 aliphatic heterocycles. The van der Waals surface area contributed by atoms with Gasteiger partial charge in [0.05, 0.1) is 24.8 Å². The van der Waals surface area contributed by atoms with Crippen molar-refractivity contribution in [3.8, 4) is 0 Å². The molecular weight excluding hydrogens is 316 g/mol. The van der Waals surface area contributed by atoms with Crippen LogP contribution in [0.4, 0.5) is 0 Å². The predicted octanol–water partition coefficient (Wildman–Crippen LogP) is 3.20. The van der Waals surface area contributed by atoms with E-state index in [-0.39, 0.29) is 0 Å². The molecule has 0 radical (unpaired) electrons. The lowest BCUT2D eigenvalue weighted by Gasteiger charge is -2.35. The summed E-state index contributed by atoms with van der Waals surface area (Å²) in [6, 6.07) is 9.03. The summed E-state index contributed by atoms with van der Waals surface area (Å²) in [5, 5.41) is 14.1. The number of nitrogens with one attached hydrogen (secondary N) is 1. The summed E-state index contributed by atoms with van der Waals surface area (Å²) in [5.74, 6) is -0.213. The van der Waals surface area contributed by atoms with Crippen LogP contribution in [0.15, 0.2) is 24.3 Å². The number of aromatic carboxylic acids is 1. The summed E-state index contributed by atoms with van der Waals surface area (Å²) in [6.07, 6.45) is 4.79. The number of nitrogens with zero attached hydrogens (tertiary/aromatic N) is 1. The number of fused-ring (bicyclic) bond motifs is 1. The first-order chi connectivity index (χ1) is 12.1. The molecule has 1 saturated heterocycles. The second kappa shape index (κ2) is 6.81. The van der Waals surface area contributed by atoms with Crippen molar-refractivity contribution < 1.29 is 14.6 Å². The van der Waals surface area contributed by atoms with Gasteiger partial charge >= 0.3 is 5.97 Å². The minimum Gasteiger partial charge on any atom is -0.478 e. The number of hydrogen-bond acceptors (Lipinski definition) is 3. The molecule has 2 N–H and O–H groups in total. The number of rotatable bonds is 5. The zero-order chi connectivity index (χ0) is 17.4. The third kappa shape index (κ3) is 3.18. The fraction of sp³-hybridized carbons (Fsp3) is 0.550. The van der Waals surface area contributed by atoms with Crippen LogP contribution in [-0.4, -0.2) is 40.9 Å². The Morgan fingerprint density at radius 3 is 2.56 bits per heavy atom. The second-order valence-corrected chi connectivity index (χ2v) is 7.51. The van der Waals surface area contributed by atoms with Crippen molar-refractivity contribution in [2.24, 2.45) is 5.92 Å².